The van der Waals surface area contributed by atoms with E-state index in [0.29, 0.717) is 11.7 Å². The van der Waals surface area contributed by atoms with Crippen molar-refractivity contribution in [3.8, 4) is 22.7 Å². The number of anilines is 1. The minimum atomic E-state index is -0.478. The maximum absolute atomic E-state index is 5.55. The van der Waals surface area contributed by atoms with E-state index in [2.05, 4.69) is 56.1 Å². The van der Waals surface area contributed by atoms with Crippen LogP contribution in [0.15, 0.2) is 47.6 Å². The van der Waals surface area contributed by atoms with Gasteiger partial charge in [-0.15, -0.1) is 0 Å². The largest absolute Gasteiger partial charge is 0.368 e. The first-order valence-electron chi connectivity index (χ1n) is 8.86. The lowest BCUT2D eigenvalue weighted by Gasteiger charge is -2.30. The zero-order valence-electron chi connectivity index (χ0n) is 15.8. The summed E-state index contributed by atoms with van der Waals surface area (Å²) in [6.45, 7) is 6.33. The predicted molar refractivity (Wildman–Crippen MR) is 103 cm³/mol. The van der Waals surface area contributed by atoms with Gasteiger partial charge in [0.25, 0.3) is 5.89 Å². The van der Waals surface area contributed by atoms with Crippen molar-refractivity contribution < 1.29 is 4.52 Å². The molecular weight excluding hydrogens is 356 g/mol. The van der Waals surface area contributed by atoms with E-state index in [1.54, 1.807) is 24.8 Å². The van der Waals surface area contributed by atoms with E-state index in [-0.39, 0.29) is 11.9 Å². The summed E-state index contributed by atoms with van der Waals surface area (Å²) in [7, 11) is 0. The summed E-state index contributed by atoms with van der Waals surface area (Å²) in [5, 5.41) is 10.9. The molecule has 4 aromatic heterocycles. The van der Waals surface area contributed by atoms with Crippen molar-refractivity contribution in [3.63, 3.8) is 0 Å². The fourth-order valence-electron chi connectivity index (χ4n) is 2.98. The minimum Gasteiger partial charge on any atom is -0.368 e. The van der Waals surface area contributed by atoms with Crippen LogP contribution >= 0.6 is 0 Å². The van der Waals surface area contributed by atoms with Gasteiger partial charge in [-0.1, -0.05) is 25.1 Å². The number of nitrogens with two attached hydrogens (primary N) is 1. The fraction of sp³-hybridized carbons (Fsp3) is 0.263. The molecule has 9 heteroatoms. The summed E-state index contributed by atoms with van der Waals surface area (Å²) in [6, 6.07) is 3.95. The van der Waals surface area contributed by atoms with Gasteiger partial charge >= 0.3 is 0 Å². The number of pyridine rings is 1. The second kappa shape index (κ2) is 6.84. The molecule has 9 nitrogen and oxygen atoms in total. The maximum atomic E-state index is 5.55. The maximum Gasteiger partial charge on any atom is 0.261 e. The molecule has 4 rings (SSSR count). The van der Waals surface area contributed by atoms with Gasteiger partial charge in [-0.2, -0.15) is 10.1 Å². The van der Waals surface area contributed by atoms with Gasteiger partial charge in [0.1, 0.15) is 0 Å². The molecule has 0 aromatic carbocycles. The van der Waals surface area contributed by atoms with E-state index in [1.807, 2.05) is 18.3 Å². The van der Waals surface area contributed by atoms with Crippen molar-refractivity contribution >= 4 is 5.95 Å². The van der Waals surface area contributed by atoms with Crippen LogP contribution in [0.25, 0.3) is 22.7 Å². The summed E-state index contributed by atoms with van der Waals surface area (Å²) in [4.78, 5) is 17.2. The summed E-state index contributed by atoms with van der Waals surface area (Å²) in [6.07, 6.45) is 8.51. The second-order valence-corrected chi connectivity index (χ2v) is 7.03. The molecule has 0 amide bonds. The van der Waals surface area contributed by atoms with E-state index in [9.17, 15) is 0 Å². The lowest BCUT2D eigenvalue weighted by Crippen LogP contribution is -2.31. The molecular formula is C19H20N8O. The molecule has 142 valence electrons. The highest BCUT2D eigenvalue weighted by Crippen LogP contribution is 2.38. The molecule has 4 heterocycles. The molecule has 28 heavy (non-hydrogen) atoms. The van der Waals surface area contributed by atoms with Gasteiger partial charge in [-0.25, -0.2) is 9.97 Å². The highest BCUT2D eigenvalue weighted by Gasteiger charge is 2.38. The molecule has 4 aromatic rings. The molecule has 0 saturated carbocycles. The van der Waals surface area contributed by atoms with Crippen molar-refractivity contribution in [2.24, 2.45) is 5.92 Å². The van der Waals surface area contributed by atoms with E-state index in [1.165, 1.54) is 0 Å². The standard InChI is InChI=1S/C19H20N8O/c1-11(2)19(3,17-26-16(28-27-17)13-8-24-25-9-13)14-4-5-15(21-10-14)12-6-22-18(20)23-7-12/h4-11H,1-3H3,(H,24,25)(H2,20,22,23). The van der Waals surface area contributed by atoms with Crippen LogP contribution in [0.2, 0.25) is 0 Å². The molecule has 1 atom stereocenters. The lowest BCUT2D eigenvalue weighted by atomic mass is 9.73. The average Bonchev–Trinajstić information content (AvgIpc) is 3.40. The first-order chi connectivity index (χ1) is 13.5. The molecule has 3 N–H and O–H groups in total. The van der Waals surface area contributed by atoms with Crippen molar-refractivity contribution in [2.75, 3.05) is 5.73 Å². The Morgan fingerprint density at radius 3 is 2.43 bits per heavy atom. The van der Waals surface area contributed by atoms with Crippen LogP contribution in [-0.2, 0) is 5.41 Å². The van der Waals surface area contributed by atoms with Crippen LogP contribution in [0.3, 0.4) is 0 Å². The first-order valence-corrected chi connectivity index (χ1v) is 8.86. The number of H-pyrrole nitrogens is 1. The molecule has 0 spiro atoms. The van der Waals surface area contributed by atoms with E-state index < -0.39 is 5.41 Å². The van der Waals surface area contributed by atoms with Gasteiger partial charge < -0.3 is 10.3 Å². The Balaban J connectivity index is 1.70. The third-order valence-corrected chi connectivity index (χ3v) is 5.12. The summed E-state index contributed by atoms with van der Waals surface area (Å²) >= 11 is 0. The smallest absolute Gasteiger partial charge is 0.261 e. The molecule has 1 unspecified atom stereocenters. The van der Waals surface area contributed by atoms with Crippen molar-refractivity contribution in [3.05, 3.63) is 54.5 Å². The minimum absolute atomic E-state index is 0.204. The summed E-state index contributed by atoms with van der Waals surface area (Å²) < 4.78 is 5.46. The van der Waals surface area contributed by atoms with Gasteiger partial charge in [0.05, 0.1) is 22.9 Å². The SMILES string of the molecule is CC(C)C(C)(c1ccc(-c2cnc(N)nc2)nc1)c1noc(-c2cn[nH]c2)n1. The molecule has 0 aliphatic carbocycles. The van der Waals surface area contributed by atoms with E-state index in [4.69, 9.17) is 10.3 Å². The Hall–Kier alpha value is -3.62. The van der Waals surface area contributed by atoms with E-state index >= 15 is 0 Å². The highest BCUT2D eigenvalue weighted by atomic mass is 16.5. The third-order valence-electron chi connectivity index (χ3n) is 5.12. The second-order valence-electron chi connectivity index (χ2n) is 7.03. The molecule has 0 fully saturated rings. The van der Waals surface area contributed by atoms with Crippen LogP contribution in [0.5, 0.6) is 0 Å². The summed E-state index contributed by atoms with van der Waals surface area (Å²) in [5.41, 5.74) is 8.38. The fourth-order valence-corrected chi connectivity index (χ4v) is 2.98. The molecule has 0 radical (unpaired) electrons. The van der Waals surface area contributed by atoms with Crippen LogP contribution in [0.1, 0.15) is 32.2 Å². The third kappa shape index (κ3) is 3.00. The quantitative estimate of drug-likeness (QED) is 0.543. The number of hydrogen-bond donors (Lipinski definition) is 2. The van der Waals surface area contributed by atoms with Crippen LogP contribution in [-0.4, -0.2) is 35.3 Å². The van der Waals surface area contributed by atoms with E-state index in [0.717, 1.165) is 22.4 Å². The number of nitrogens with one attached hydrogen (secondary N) is 1. The Bertz CT molecular complexity index is 1050. The van der Waals surface area contributed by atoms with Gasteiger partial charge in [0, 0.05) is 30.4 Å². The van der Waals surface area contributed by atoms with Gasteiger partial charge in [0.2, 0.25) is 5.95 Å². The first kappa shape index (κ1) is 17.8. The number of rotatable bonds is 5. The van der Waals surface area contributed by atoms with Gasteiger partial charge in [0.15, 0.2) is 5.82 Å². The topological polar surface area (TPSA) is 132 Å². The number of nitrogens with zero attached hydrogens (tertiary/aromatic N) is 6. The number of hydrogen-bond acceptors (Lipinski definition) is 8. The molecule has 0 aliphatic heterocycles. The van der Waals surface area contributed by atoms with Gasteiger partial charge in [-0.3, -0.25) is 10.1 Å². The van der Waals surface area contributed by atoms with Crippen LogP contribution in [0.4, 0.5) is 5.95 Å². The Morgan fingerprint density at radius 2 is 1.82 bits per heavy atom. The summed E-state index contributed by atoms with van der Waals surface area (Å²) in [5.74, 6) is 1.47. The zero-order chi connectivity index (χ0) is 19.7. The Labute approximate surface area is 161 Å². The van der Waals surface area contributed by atoms with Crippen LogP contribution < -0.4 is 5.73 Å². The Kier molecular flexibility index (Phi) is 4.34. The Morgan fingerprint density at radius 1 is 1.04 bits per heavy atom. The highest BCUT2D eigenvalue weighted by molar-refractivity contribution is 5.57. The normalized spacial score (nSPS) is 13.6. The lowest BCUT2D eigenvalue weighted by molar-refractivity contribution is 0.350. The number of aromatic nitrogens is 7. The predicted octanol–water partition coefficient (Wildman–Crippen LogP) is 2.86. The van der Waals surface area contributed by atoms with Crippen molar-refractivity contribution in [1.82, 2.24) is 35.3 Å². The monoisotopic (exact) mass is 376 g/mol. The number of nitrogen functional groups attached to an aromatic ring is 1. The zero-order valence-corrected chi connectivity index (χ0v) is 15.8. The van der Waals surface area contributed by atoms with Gasteiger partial charge in [-0.05, 0) is 24.5 Å². The van der Waals surface area contributed by atoms with Crippen molar-refractivity contribution in [1.29, 1.82) is 0 Å². The van der Waals surface area contributed by atoms with Crippen LogP contribution in [0, 0.1) is 5.92 Å². The molecule has 0 saturated heterocycles. The number of aromatic amines is 1. The molecule has 0 bridgehead atoms. The van der Waals surface area contributed by atoms with Crippen molar-refractivity contribution in [2.45, 2.75) is 26.2 Å². The molecule has 0 aliphatic rings. The average molecular weight is 376 g/mol.